The van der Waals surface area contributed by atoms with Gasteiger partial charge in [0, 0.05) is 5.56 Å². The third-order valence-electron chi connectivity index (χ3n) is 6.40. The van der Waals surface area contributed by atoms with Gasteiger partial charge in [0.1, 0.15) is 24.4 Å². The number of ether oxygens (including phenoxy) is 3. The lowest BCUT2D eigenvalue weighted by atomic mass is 9.99. The van der Waals surface area contributed by atoms with Crippen LogP contribution < -0.4 is 0 Å². The largest absolute Gasteiger partial charge is 0.370 e. The van der Waals surface area contributed by atoms with Crippen molar-refractivity contribution < 1.29 is 39.4 Å². The molecule has 0 bridgehead atoms. The van der Waals surface area contributed by atoms with E-state index in [4.69, 9.17) is 22.6 Å². The van der Waals surface area contributed by atoms with Gasteiger partial charge in [-0.15, -0.1) is 0 Å². The van der Waals surface area contributed by atoms with Gasteiger partial charge in [0.05, 0.1) is 23.0 Å². The molecule has 11 heteroatoms. The second-order valence-electron chi connectivity index (χ2n) is 9.28. The molecule has 0 N–H and O–H groups in total. The Bertz CT molecular complexity index is 1460. The van der Waals surface area contributed by atoms with Gasteiger partial charge in [-0.05, 0) is 38.1 Å². The van der Waals surface area contributed by atoms with Crippen molar-refractivity contribution in [3.8, 4) is 0 Å². The molecule has 38 heavy (non-hydrogen) atoms. The normalized spacial score (nSPS) is 26.0. The molecule has 5 rings (SSSR count). The monoisotopic (exact) mass is 560 g/mol. The molecule has 3 aromatic carbocycles. The maximum absolute atomic E-state index is 13.3. The van der Waals surface area contributed by atoms with Crippen LogP contribution in [0.2, 0.25) is 0 Å². The average Bonchev–Trinajstić information content (AvgIpc) is 2.90. The van der Waals surface area contributed by atoms with Crippen LogP contribution >= 0.6 is 0 Å². The van der Waals surface area contributed by atoms with Gasteiger partial charge >= 0.3 is 0 Å². The average molecular weight is 561 g/mol. The first kappa shape index (κ1) is 26.9. The fraction of sp³-hybridized carbons (Fsp3) is 0.333. The number of fused-ring (bicyclic) bond motifs is 1. The van der Waals surface area contributed by atoms with Gasteiger partial charge in [0.2, 0.25) is 0 Å². The van der Waals surface area contributed by atoms with Crippen LogP contribution in [-0.2, 0) is 42.8 Å². The van der Waals surface area contributed by atoms with E-state index in [2.05, 4.69) is 0 Å². The fourth-order valence-corrected chi connectivity index (χ4v) is 6.50. The maximum Gasteiger partial charge on any atom is 0.297 e. The van der Waals surface area contributed by atoms with Crippen molar-refractivity contribution in [2.45, 2.75) is 54.3 Å². The number of hydrogen-bond acceptors (Lipinski definition) is 9. The number of benzene rings is 3. The Balaban J connectivity index is 1.47. The van der Waals surface area contributed by atoms with E-state index in [1.54, 1.807) is 24.3 Å². The lowest BCUT2D eigenvalue weighted by Crippen LogP contribution is -2.60. The van der Waals surface area contributed by atoms with Crippen LogP contribution in [0, 0.1) is 13.8 Å². The Morgan fingerprint density at radius 1 is 0.684 bits per heavy atom. The quantitative estimate of drug-likeness (QED) is 0.399. The first-order valence-electron chi connectivity index (χ1n) is 12.1. The molecule has 2 heterocycles. The molecule has 2 saturated heterocycles. The summed E-state index contributed by atoms with van der Waals surface area (Å²) in [4.78, 5) is -0.140. The van der Waals surface area contributed by atoms with Gasteiger partial charge in [-0.25, -0.2) is 0 Å². The molecule has 2 aliphatic rings. The Labute approximate surface area is 222 Å². The Morgan fingerprint density at radius 2 is 1.24 bits per heavy atom. The van der Waals surface area contributed by atoms with Crippen LogP contribution in [-0.4, -0.2) is 54.5 Å². The lowest BCUT2D eigenvalue weighted by molar-refractivity contribution is -0.307. The van der Waals surface area contributed by atoms with Crippen LogP contribution in [0.5, 0.6) is 0 Å². The van der Waals surface area contributed by atoms with Crippen LogP contribution in [0.15, 0.2) is 88.7 Å². The number of rotatable bonds is 7. The van der Waals surface area contributed by atoms with Gasteiger partial charge in [0.15, 0.2) is 6.29 Å². The molecule has 2 aliphatic heterocycles. The molecule has 0 radical (unpaired) electrons. The van der Waals surface area contributed by atoms with Crippen LogP contribution in [0.3, 0.4) is 0 Å². The van der Waals surface area contributed by atoms with E-state index in [0.29, 0.717) is 5.56 Å². The van der Waals surface area contributed by atoms with E-state index in [1.807, 2.05) is 44.2 Å². The SMILES string of the molecule is Cc1ccc(S(=O)(=O)O[C@H]2[C@@H]3OC(c4ccccc4)OC[C@H]3OC[C@@H]2OS(=O)(=O)c2ccc(C)cc2)cc1. The number of hydrogen-bond donors (Lipinski definition) is 0. The molecule has 0 aliphatic carbocycles. The summed E-state index contributed by atoms with van der Waals surface area (Å²) in [5, 5.41) is 0. The smallest absolute Gasteiger partial charge is 0.297 e. The summed E-state index contributed by atoms with van der Waals surface area (Å²) in [6.07, 6.45) is -5.18. The zero-order chi connectivity index (χ0) is 26.9. The summed E-state index contributed by atoms with van der Waals surface area (Å²) >= 11 is 0. The maximum atomic E-state index is 13.3. The third kappa shape index (κ3) is 5.84. The minimum atomic E-state index is -4.32. The second kappa shape index (κ2) is 10.9. The Morgan fingerprint density at radius 3 is 1.82 bits per heavy atom. The number of aryl methyl sites for hydroxylation is 2. The molecule has 1 unspecified atom stereocenters. The van der Waals surface area contributed by atoms with E-state index in [-0.39, 0.29) is 23.0 Å². The first-order chi connectivity index (χ1) is 18.1. The molecule has 0 saturated carbocycles. The molecular weight excluding hydrogens is 532 g/mol. The van der Waals surface area contributed by atoms with E-state index in [9.17, 15) is 16.8 Å². The van der Waals surface area contributed by atoms with Crippen LogP contribution in [0.1, 0.15) is 23.0 Å². The highest BCUT2D eigenvalue weighted by Gasteiger charge is 2.50. The standard InChI is InChI=1S/C27H28O9S2/c1-18-8-12-21(13-9-18)37(28,29)35-24-17-32-23-16-33-27(20-6-4-3-5-7-20)34-25(23)26(24)36-38(30,31)22-14-10-19(2)11-15-22/h3-15,23-27H,16-17H2,1-2H3/t23-,24+,25-,26-,27?/m1/s1. The van der Waals surface area contributed by atoms with Gasteiger partial charge in [-0.3, -0.25) is 8.37 Å². The molecule has 202 valence electrons. The topological polar surface area (TPSA) is 114 Å². The van der Waals surface area contributed by atoms with E-state index in [1.165, 1.54) is 24.3 Å². The molecule has 0 spiro atoms. The van der Waals surface area contributed by atoms with Crippen LogP contribution in [0.25, 0.3) is 0 Å². The highest BCUT2D eigenvalue weighted by molar-refractivity contribution is 7.87. The summed E-state index contributed by atoms with van der Waals surface area (Å²) in [5.74, 6) is 0. The molecule has 0 amide bonds. The van der Waals surface area contributed by atoms with Crippen molar-refractivity contribution in [1.82, 2.24) is 0 Å². The Kier molecular flexibility index (Phi) is 7.70. The van der Waals surface area contributed by atoms with Crippen molar-refractivity contribution in [3.63, 3.8) is 0 Å². The van der Waals surface area contributed by atoms with Crippen molar-refractivity contribution in [2.75, 3.05) is 13.2 Å². The highest BCUT2D eigenvalue weighted by Crippen LogP contribution is 2.36. The summed E-state index contributed by atoms with van der Waals surface area (Å²) in [6, 6.07) is 21.4. The molecule has 2 fully saturated rings. The lowest BCUT2D eigenvalue weighted by Gasteiger charge is -2.45. The van der Waals surface area contributed by atoms with E-state index < -0.39 is 50.9 Å². The van der Waals surface area contributed by atoms with E-state index >= 15 is 0 Å². The summed E-state index contributed by atoms with van der Waals surface area (Å²) in [6.45, 7) is 3.51. The third-order valence-corrected chi connectivity index (χ3v) is 9.08. The molecule has 5 atom stereocenters. The predicted octanol–water partition coefficient (Wildman–Crippen LogP) is 3.66. The van der Waals surface area contributed by atoms with E-state index in [0.717, 1.165) is 11.1 Å². The minimum absolute atomic E-state index is 0.0691. The fourth-order valence-electron chi connectivity index (χ4n) is 4.32. The Hall–Kier alpha value is -2.64. The zero-order valence-corrected chi connectivity index (χ0v) is 22.4. The predicted molar refractivity (Wildman–Crippen MR) is 136 cm³/mol. The second-order valence-corrected chi connectivity index (χ2v) is 12.4. The summed E-state index contributed by atoms with van der Waals surface area (Å²) < 4.78 is 81.9. The van der Waals surface area contributed by atoms with Crippen molar-refractivity contribution >= 4 is 20.2 Å². The van der Waals surface area contributed by atoms with Crippen LogP contribution in [0.4, 0.5) is 0 Å². The van der Waals surface area contributed by atoms with Gasteiger partial charge in [-0.1, -0.05) is 65.7 Å². The van der Waals surface area contributed by atoms with Crippen molar-refractivity contribution in [1.29, 1.82) is 0 Å². The van der Waals surface area contributed by atoms with Gasteiger partial charge in [-0.2, -0.15) is 16.8 Å². The van der Waals surface area contributed by atoms with Crippen molar-refractivity contribution in [3.05, 3.63) is 95.6 Å². The molecular formula is C27H28O9S2. The zero-order valence-electron chi connectivity index (χ0n) is 20.8. The highest BCUT2D eigenvalue weighted by atomic mass is 32.2. The minimum Gasteiger partial charge on any atom is -0.370 e. The molecule has 3 aromatic rings. The summed E-state index contributed by atoms with van der Waals surface area (Å²) in [7, 11) is -8.60. The van der Waals surface area contributed by atoms with Gasteiger partial charge in [0.25, 0.3) is 20.2 Å². The molecule has 9 nitrogen and oxygen atoms in total. The van der Waals surface area contributed by atoms with Gasteiger partial charge < -0.3 is 14.2 Å². The van der Waals surface area contributed by atoms with Crippen molar-refractivity contribution in [2.24, 2.45) is 0 Å². The molecule has 0 aromatic heterocycles. The first-order valence-corrected chi connectivity index (χ1v) is 14.9. The summed E-state index contributed by atoms with van der Waals surface area (Å²) in [5.41, 5.74) is 2.46.